The number of nitrogens with zero attached hydrogens (tertiary/aromatic N) is 3. The van der Waals surface area contributed by atoms with Crippen LogP contribution in [0.25, 0.3) is 11.3 Å². The summed E-state index contributed by atoms with van der Waals surface area (Å²) in [7, 11) is 1.49. The van der Waals surface area contributed by atoms with Crippen LogP contribution in [0.5, 0.6) is 17.4 Å². The molecule has 9 nitrogen and oxygen atoms in total. The molecule has 0 aliphatic carbocycles. The number of aromatic nitrogens is 3. The molecule has 0 saturated carbocycles. The third kappa shape index (κ3) is 3.94. The summed E-state index contributed by atoms with van der Waals surface area (Å²) in [5, 5.41) is 21.1. The zero-order valence-electron chi connectivity index (χ0n) is 16.2. The van der Waals surface area contributed by atoms with Crippen LogP contribution in [0.15, 0.2) is 47.6 Å². The molecule has 1 atom stereocenters. The summed E-state index contributed by atoms with van der Waals surface area (Å²) in [6.07, 6.45) is 1.27. The zero-order valence-corrected chi connectivity index (χ0v) is 17.0. The lowest BCUT2D eigenvalue weighted by Crippen LogP contribution is -2.17. The molecule has 1 aromatic heterocycles. The van der Waals surface area contributed by atoms with Gasteiger partial charge in [-0.05, 0) is 30.5 Å². The van der Waals surface area contributed by atoms with Gasteiger partial charge in [-0.2, -0.15) is 4.98 Å². The number of hydrogen-bond donors (Lipinski definition) is 2. The highest BCUT2D eigenvalue weighted by Crippen LogP contribution is 2.40. The third-order valence-corrected chi connectivity index (χ3v) is 4.90. The molecule has 1 aliphatic heterocycles. The number of methoxy groups -OCH3 is 1. The molecule has 154 valence electrons. The van der Waals surface area contributed by atoms with Crippen LogP contribution in [0.3, 0.4) is 0 Å². The fraction of sp³-hybridized carbons (Fsp3) is 0.200. The van der Waals surface area contributed by atoms with Gasteiger partial charge in [-0.15, -0.1) is 10.2 Å². The van der Waals surface area contributed by atoms with E-state index < -0.39 is 18.8 Å². The number of fused-ring (bicyclic) bond motifs is 3. The Labute approximate surface area is 176 Å². The Kier molecular flexibility index (Phi) is 5.57. The number of carboxylic acid groups (broad SMARTS) is 1. The van der Waals surface area contributed by atoms with Crippen molar-refractivity contribution in [3.63, 3.8) is 0 Å². The second-order valence-electron chi connectivity index (χ2n) is 6.23. The van der Waals surface area contributed by atoms with Crippen molar-refractivity contribution in [3.05, 3.63) is 48.0 Å². The fourth-order valence-electron chi connectivity index (χ4n) is 2.99. The van der Waals surface area contributed by atoms with Crippen LogP contribution < -0.4 is 19.5 Å². The summed E-state index contributed by atoms with van der Waals surface area (Å²) >= 11 is 1.37. The summed E-state index contributed by atoms with van der Waals surface area (Å²) in [6, 6.07) is 12.8. The first-order chi connectivity index (χ1) is 14.6. The van der Waals surface area contributed by atoms with Gasteiger partial charge in [0, 0.05) is 16.8 Å². The molecule has 0 bridgehead atoms. The minimum atomic E-state index is -1.07. The second-order valence-corrected chi connectivity index (χ2v) is 7.01. The van der Waals surface area contributed by atoms with Crippen LogP contribution in [0.4, 0.5) is 5.69 Å². The quantitative estimate of drug-likeness (QED) is 0.569. The van der Waals surface area contributed by atoms with Gasteiger partial charge in [0.25, 0.3) is 0 Å². The first kappa shape index (κ1) is 19.8. The normalized spacial score (nSPS) is 14.4. The smallest absolute Gasteiger partial charge is 0.341 e. The maximum atomic E-state index is 10.8. The minimum absolute atomic E-state index is 0.326. The number of hydrogen-bond acceptors (Lipinski definition) is 9. The van der Waals surface area contributed by atoms with Crippen LogP contribution >= 0.6 is 11.8 Å². The first-order valence-corrected chi connectivity index (χ1v) is 10.2. The summed E-state index contributed by atoms with van der Waals surface area (Å²) in [5.41, 5.74) is 2.93. The first-order valence-electron chi connectivity index (χ1n) is 8.93. The lowest BCUT2D eigenvalue weighted by atomic mass is 10.1. The van der Waals surface area contributed by atoms with E-state index in [1.807, 2.05) is 30.5 Å². The predicted octanol–water partition coefficient (Wildman–Crippen LogP) is 3.24. The molecule has 10 heteroatoms. The van der Waals surface area contributed by atoms with Crippen molar-refractivity contribution in [1.82, 2.24) is 15.2 Å². The summed E-state index contributed by atoms with van der Waals surface area (Å²) in [4.78, 5) is 15.3. The number of rotatable bonds is 6. The highest BCUT2D eigenvalue weighted by Gasteiger charge is 2.26. The van der Waals surface area contributed by atoms with Gasteiger partial charge in [0.05, 0.1) is 7.11 Å². The van der Waals surface area contributed by atoms with Gasteiger partial charge in [-0.25, -0.2) is 4.79 Å². The maximum Gasteiger partial charge on any atom is 0.341 e. The molecule has 0 amide bonds. The van der Waals surface area contributed by atoms with Crippen molar-refractivity contribution in [2.45, 2.75) is 11.4 Å². The van der Waals surface area contributed by atoms with E-state index in [2.05, 4.69) is 20.5 Å². The zero-order chi connectivity index (χ0) is 21.1. The number of ether oxygens (including phenoxy) is 3. The molecule has 2 aromatic carbocycles. The molecule has 1 aliphatic rings. The molecular weight excluding hydrogens is 408 g/mol. The monoisotopic (exact) mass is 426 g/mol. The fourth-order valence-corrected chi connectivity index (χ4v) is 3.29. The highest BCUT2D eigenvalue weighted by molar-refractivity contribution is 7.98. The SMILES string of the molecule is COc1cc([C@H]2Nc3ccccc3-c3nnc(SC)nc3O2)ccc1OCC(=O)O. The van der Waals surface area contributed by atoms with E-state index in [9.17, 15) is 4.79 Å². The molecule has 0 saturated heterocycles. The lowest BCUT2D eigenvalue weighted by Gasteiger charge is -2.20. The molecule has 4 rings (SSSR count). The average Bonchev–Trinajstić information content (AvgIpc) is 2.93. The number of aliphatic carboxylic acids is 1. The summed E-state index contributed by atoms with van der Waals surface area (Å²) in [6.45, 7) is -0.464. The van der Waals surface area contributed by atoms with Crippen molar-refractivity contribution in [2.75, 3.05) is 25.3 Å². The van der Waals surface area contributed by atoms with Crippen molar-refractivity contribution < 1.29 is 24.1 Å². The van der Waals surface area contributed by atoms with Crippen LogP contribution in [0, 0.1) is 0 Å². The van der Waals surface area contributed by atoms with Gasteiger partial charge in [-0.1, -0.05) is 30.0 Å². The minimum Gasteiger partial charge on any atom is -0.493 e. The molecular formula is C20H18N4O5S. The van der Waals surface area contributed by atoms with Crippen LogP contribution in [0.2, 0.25) is 0 Å². The molecule has 30 heavy (non-hydrogen) atoms. The number of para-hydroxylation sites is 1. The van der Waals surface area contributed by atoms with Gasteiger partial charge in [0.15, 0.2) is 30.0 Å². The lowest BCUT2D eigenvalue weighted by molar-refractivity contribution is -0.139. The summed E-state index contributed by atoms with van der Waals surface area (Å²) in [5.74, 6) is 0.0103. The standard InChI is InChI=1S/C20H18N4O5S/c1-27-15-9-11(7-8-14(15)28-10-16(25)26)18-21-13-6-4-3-5-12(13)17-19(29-18)22-20(30-2)24-23-17/h3-9,18,21H,10H2,1-2H3,(H,25,26)/t18-/m0/s1. The van der Waals surface area contributed by atoms with E-state index in [0.717, 1.165) is 16.8 Å². The van der Waals surface area contributed by atoms with E-state index in [0.29, 0.717) is 28.2 Å². The van der Waals surface area contributed by atoms with Crippen molar-refractivity contribution in [3.8, 4) is 28.6 Å². The number of carbonyl (C=O) groups is 1. The number of anilines is 1. The van der Waals surface area contributed by atoms with Gasteiger partial charge < -0.3 is 24.6 Å². The van der Waals surface area contributed by atoms with Crippen molar-refractivity contribution >= 4 is 23.4 Å². The van der Waals surface area contributed by atoms with E-state index in [1.54, 1.807) is 18.2 Å². The largest absolute Gasteiger partial charge is 0.493 e. The topological polar surface area (TPSA) is 116 Å². The molecule has 2 N–H and O–H groups in total. The Morgan fingerprint density at radius 1 is 1.23 bits per heavy atom. The Bertz CT molecular complexity index is 1090. The Hall–Kier alpha value is -3.53. The van der Waals surface area contributed by atoms with Crippen LogP contribution in [-0.2, 0) is 4.79 Å². The van der Waals surface area contributed by atoms with Crippen LogP contribution in [-0.4, -0.2) is 46.2 Å². The molecule has 0 spiro atoms. The van der Waals surface area contributed by atoms with Gasteiger partial charge in [0.1, 0.15) is 0 Å². The average molecular weight is 426 g/mol. The number of nitrogens with one attached hydrogen (secondary N) is 1. The van der Waals surface area contributed by atoms with E-state index >= 15 is 0 Å². The second kappa shape index (κ2) is 8.46. The van der Waals surface area contributed by atoms with Gasteiger partial charge in [-0.3, -0.25) is 0 Å². The molecule has 0 radical (unpaired) electrons. The van der Waals surface area contributed by atoms with E-state index in [4.69, 9.17) is 19.3 Å². The molecule has 0 unspecified atom stereocenters. The predicted molar refractivity (Wildman–Crippen MR) is 110 cm³/mol. The highest BCUT2D eigenvalue weighted by atomic mass is 32.2. The summed E-state index contributed by atoms with van der Waals surface area (Å²) < 4.78 is 16.8. The molecule has 2 heterocycles. The van der Waals surface area contributed by atoms with Crippen LogP contribution in [0.1, 0.15) is 11.8 Å². The molecule has 0 fully saturated rings. The molecule has 3 aromatic rings. The van der Waals surface area contributed by atoms with Gasteiger partial charge >= 0.3 is 5.97 Å². The Morgan fingerprint density at radius 3 is 2.83 bits per heavy atom. The number of carboxylic acids is 1. The van der Waals surface area contributed by atoms with Crippen molar-refractivity contribution in [1.29, 1.82) is 0 Å². The maximum absolute atomic E-state index is 10.8. The van der Waals surface area contributed by atoms with Crippen molar-refractivity contribution in [2.24, 2.45) is 0 Å². The number of benzene rings is 2. The van der Waals surface area contributed by atoms with E-state index in [1.165, 1.54) is 18.9 Å². The van der Waals surface area contributed by atoms with E-state index in [-0.39, 0.29) is 0 Å². The third-order valence-electron chi connectivity index (χ3n) is 4.36. The number of thioether (sulfide) groups is 1. The Morgan fingerprint density at radius 2 is 2.07 bits per heavy atom. The Balaban J connectivity index is 1.74. The van der Waals surface area contributed by atoms with Gasteiger partial charge in [0.2, 0.25) is 11.0 Å².